The van der Waals surface area contributed by atoms with Crippen LogP contribution in [0.5, 0.6) is 0 Å². The predicted octanol–water partition coefficient (Wildman–Crippen LogP) is 5.12. The largest absolute Gasteiger partial charge is 0.459 e. The maximum absolute atomic E-state index is 13.2. The van der Waals surface area contributed by atoms with Crippen LogP contribution in [0.2, 0.25) is 0 Å². The zero-order chi connectivity index (χ0) is 23.0. The molecule has 166 valence electrons. The Balaban J connectivity index is 1.49. The minimum atomic E-state index is -0.314. The van der Waals surface area contributed by atoms with Crippen molar-refractivity contribution >= 4 is 17.5 Å². The van der Waals surface area contributed by atoms with Crippen LogP contribution in [0.15, 0.2) is 102 Å². The Morgan fingerprint density at radius 1 is 0.818 bits per heavy atom. The van der Waals surface area contributed by atoms with Crippen LogP contribution in [0.25, 0.3) is 0 Å². The highest BCUT2D eigenvalue weighted by Gasteiger charge is 2.21. The van der Waals surface area contributed by atoms with Crippen LogP contribution in [0, 0.1) is 5.82 Å². The minimum absolute atomic E-state index is 0.156. The van der Waals surface area contributed by atoms with E-state index in [2.05, 4.69) is 5.32 Å². The summed E-state index contributed by atoms with van der Waals surface area (Å²) in [5, 5.41) is 2.84. The molecule has 0 spiro atoms. The standard InChI is InChI=1S/C27H23FN2O3/c28-23-13-11-20(12-14-23)18-29-26(31)17-22-8-4-9-24(16-22)30(19-21-6-2-1-3-7-21)27(32)25-10-5-15-33-25/h1-16H,17-19H2,(H,29,31). The summed E-state index contributed by atoms with van der Waals surface area (Å²) in [4.78, 5) is 27.3. The van der Waals surface area contributed by atoms with Gasteiger partial charge in [0.1, 0.15) is 5.82 Å². The van der Waals surface area contributed by atoms with Gasteiger partial charge >= 0.3 is 0 Å². The molecule has 0 aliphatic heterocycles. The van der Waals surface area contributed by atoms with E-state index in [1.165, 1.54) is 18.4 Å². The smallest absolute Gasteiger partial charge is 0.294 e. The Morgan fingerprint density at radius 2 is 1.58 bits per heavy atom. The number of hydrogen-bond acceptors (Lipinski definition) is 3. The van der Waals surface area contributed by atoms with Crippen LogP contribution in [0.1, 0.15) is 27.2 Å². The number of rotatable bonds is 8. The number of anilines is 1. The number of furan rings is 1. The zero-order valence-electron chi connectivity index (χ0n) is 17.9. The Kier molecular flexibility index (Phi) is 6.95. The van der Waals surface area contributed by atoms with Crippen LogP contribution in [0.4, 0.5) is 10.1 Å². The van der Waals surface area contributed by atoms with Crippen LogP contribution in [-0.2, 0) is 24.3 Å². The average Bonchev–Trinajstić information content (AvgIpc) is 3.38. The first-order chi connectivity index (χ1) is 16.1. The molecule has 0 saturated carbocycles. The Bertz CT molecular complexity index is 1210. The summed E-state index contributed by atoms with van der Waals surface area (Å²) in [6, 6.07) is 26.3. The van der Waals surface area contributed by atoms with Crippen molar-refractivity contribution in [2.45, 2.75) is 19.5 Å². The SMILES string of the molecule is O=C(Cc1cccc(N(Cc2ccccc2)C(=O)c2ccco2)c1)NCc1ccc(F)cc1. The maximum atomic E-state index is 13.2. The lowest BCUT2D eigenvalue weighted by Crippen LogP contribution is -2.30. The third-order valence-corrected chi connectivity index (χ3v) is 5.15. The van der Waals surface area contributed by atoms with Crippen LogP contribution in [-0.4, -0.2) is 11.8 Å². The van der Waals surface area contributed by atoms with Gasteiger partial charge in [0, 0.05) is 12.2 Å². The zero-order valence-corrected chi connectivity index (χ0v) is 17.9. The molecular formula is C27H23FN2O3. The molecule has 4 rings (SSSR count). The molecule has 1 heterocycles. The number of benzene rings is 3. The molecule has 0 aliphatic carbocycles. The molecule has 0 saturated heterocycles. The van der Waals surface area contributed by atoms with E-state index in [1.54, 1.807) is 29.2 Å². The lowest BCUT2D eigenvalue weighted by atomic mass is 10.1. The number of nitrogens with one attached hydrogen (secondary N) is 1. The normalized spacial score (nSPS) is 10.6. The molecule has 6 heteroatoms. The van der Waals surface area contributed by atoms with E-state index >= 15 is 0 Å². The minimum Gasteiger partial charge on any atom is -0.459 e. The third-order valence-electron chi connectivity index (χ3n) is 5.15. The van der Waals surface area contributed by atoms with E-state index in [0.29, 0.717) is 18.8 Å². The number of carbonyl (C=O) groups is 2. The molecule has 1 aromatic heterocycles. The Labute approximate surface area is 191 Å². The number of hydrogen-bond donors (Lipinski definition) is 1. The molecule has 4 aromatic rings. The monoisotopic (exact) mass is 442 g/mol. The van der Waals surface area contributed by atoms with Gasteiger partial charge in [0.25, 0.3) is 5.91 Å². The van der Waals surface area contributed by atoms with Gasteiger partial charge in [-0.05, 0) is 53.1 Å². The molecular weight excluding hydrogens is 419 g/mol. The van der Waals surface area contributed by atoms with Crippen molar-refractivity contribution < 1.29 is 18.4 Å². The van der Waals surface area contributed by atoms with Gasteiger partial charge in [0.2, 0.25) is 5.91 Å². The fourth-order valence-corrected chi connectivity index (χ4v) is 3.46. The maximum Gasteiger partial charge on any atom is 0.294 e. The van der Waals surface area contributed by atoms with E-state index in [9.17, 15) is 14.0 Å². The summed E-state index contributed by atoms with van der Waals surface area (Å²) in [7, 11) is 0. The van der Waals surface area contributed by atoms with Gasteiger partial charge in [0.05, 0.1) is 19.2 Å². The Hall–Kier alpha value is -4.19. The molecule has 0 bridgehead atoms. The summed E-state index contributed by atoms with van der Waals surface area (Å²) in [6.45, 7) is 0.677. The molecule has 0 unspecified atom stereocenters. The van der Waals surface area contributed by atoms with E-state index in [0.717, 1.165) is 16.7 Å². The van der Waals surface area contributed by atoms with Crippen molar-refractivity contribution in [2.75, 3.05) is 4.90 Å². The van der Waals surface area contributed by atoms with Gasteiger partial charge in [-0.1, -0.05) is 54.6 Å². The molecule has 2 amide bonds. The highest BCUT2D eigenvalue weighted by molar-refractivity contribution is 6.04. The second kappa shape index (κ2) is 10.4. The van der Waals surface area contributed by atoms with E-state index in [1.807, 2.05) is 54.6 Å². The second-order valence-electron chi connectivity index (χ2n) is 7.60. The van der Waals surface area contributed by atoms with Gasteiger partial charge in [-0.2, -0.15) is 0 Å². The van der Waals surface area contributed by atoms with Gasteiger partial charge < -0.3 is 14.6 Å². The first-order valence-electron chi connectivity index (χ1n) is 10.6. The van der Waals surface area contributed by atoms with Crippen LogP contribution in [0.3, 0.4) is 0 Å². The lowest BCUT2D eigenvalue weighted by molar-refractivity contribution is -0.120. The first-order valence-corrected chi connectivity index (χ1v) is 10.6. The molecule has 0 aliphatic rings. The third kappa shape index (κ3) is 5.95. The van der Waals surface area contributed by atoms with Crippen molar-refractivity contribution in [3.05, 3.63) is 126 Å². The second-order valence-corrected chi connectivity index (χ2v) is 7.60. The number of halogens is 1. The lowest BCUT2D eigenvalue weighted by Gasteiger charge is -2.22. The summed E-state index contributed by atoms with van der Waals surface area (Å²) >= 11 is 0. The van der Waals surface area contributed by atoms with Gasteiger partial charge in [-0.25, -0.2) is 4.39 Å². The van der Waals surface area contributed by atoms with Gasteiger partial charge in [-0.15, -0.1) is 0 Å². The van der Waals surface area contributed by atoms with E-state index in [4.69, 9.17) is 4.42 Å². The van der Waals surface area contributed by atoms with Crippen molar-refractivity contribution in [3.8, 4) is 0 Å². The highest BCUT2D eigenvalue weighted by Crippen LogP contribution is 2.22. The highest BCUT2D eigenvalue weighted by atomic mass is 19.1. The quantitative estimate of drug-likeness (QED) is 0.412. The van der Waals surface area contributed by atoms with Gasteiger partial charge in [0.15, 0.2) is 5.76 Å². The van der Waals surface area contributed by atoms with Gasteiger partial charge in [-0.3, -0.25) is 9.59 Å². The molecule has 3 aromatic carbocycles. The Morgan fingerprint density at radius 3 is 2.30 bits per heavy atom. The fourth-order valence-electron chi connectivity index (χ4n) is 3.46. The molecule has 33 heavy (non-hydrogen) atoms. The number of nitrogens with zero attached hydrogens (tertiary/aromatic N) is 1. The molecule has 0 atom stereocenters. The van der Waals surface area contributed by atoms with Crippen molar-refractivity contribution in [1.82, 2.24) is 5.32 Å². The summed E-state index contributed by atoms with van der Waals surface area (Å²) < 4.78 is 18.4. The first kappa shape index (κ1) is 22.0. The number of amides is 2. The van der Waals surface area contributed by atoms with Crippen molar-refractivity contribution in [3.63, 3.8) is 0 Å². The van der Waals surface area contributed by atoms with Crippen LogP contribution < -0.4 is 10.2 Å². The van der Waals surface area contributed by atoms with Crippen molar-refractivity contribution in [2.24, 2.45) is 0 Å². The summed E-state index contributed by atoms with van der Waals surface area (Å²) in [5.41, 5.74) is 3.23. The van der Waals surface area contributed by atoms with E-state index in [-0.39, 0.29) is 29.8 Å². The molecule has 1 N–H and O–H groups in total. The summed E-state index contributed by atoms with van der Waals surface area (Å²) in [6.07, 6.45) is 1.62. The molecule has 0 radical (unpaired) electrons. The fraction of sp³-hybridized carbons (Fsp3) is 0.111. The predicted molar refractivity (Wildman–Crippen MR) is 124 cm³/mol. The number of carbonyl (C=O) groups excluding carboxylic acids is 2. The molecule has 0 fully saturated rings. The topological polar surface area (TPSA) is 62.6 Å². The van der Waals surface area contributed by atoms with E-state index < -0.39 is 0 Å². The van der Waals surface area contributed by atoms with Crippen LogP contribution >= 0.6 is 0 Å². The average molecular weight is 442 g/mol. The van der Waals surface area contributed by atoms with Crippen molar-refractivity contribution in [1.29, 1.82) is 0 Å². The molecule has 5 nitrogen and oxygen atoms in total. The summed E-state index contributed by atoms with van der Waals surface area (Å²) in [5.74, 6) is -0.496.